The summed E-state index contributed by atoms with van der Waals surface area (Å²) < 4.78 is 0. The molecule has 92 valence electrons. The molecule has 0 saturated carbocycles. The van der Waals surface area contributed by atoms with E-state index in [0.29, 0.717) is 18.8 Å². The molecule has 2 amide bonds. The van der Waals surface area contributed by atoms with Crippen LogP contribution < -0.4 is 11.1 Å². The molecule has 4 heteroatoms. The predicted octanol–water partition coefficient (Wildman–Crippen LogP) is 1.07. The van der Waals surface area contributed by atoms with Crippen LogP contribution in [0.2, 0.25) is 0 Å². The Bertz CT molecular complexity index is 262. The minimum atomic E-state index is -0.458. The maximum absolute atomic E-state index is 11.7. The van der Waals surface area contributed by atoms with Gasteiger partial charge in [0.05, 0.1) is 11.8 Å². The van der Waals surface area contributed by atoms with Crippen molar-refractivity contribution >= 4 is 11.8 Å². The molecule has 4 nitrogen and oxygen atoms in total. The van der Waals surface area contributed by atoms with E-state index in [9.17, 15) is 9.59 Å². The van der Waals surface area contributed by atoms with E-state index in [4.69, 9.17) is 5.73 Å². The van der Waals surface area contributed by atoms with Crippen molar-refractivity contribution in [2.75, 3.05) is 7.05 Å². The standard InChI is InChI=1S/C12H22N2O2/c1-5-6-9(11(13)15)10(7-8(2)3)12(16)14-4/h5,8-10H,1,6-7H2,2-4H3,(H2,13,15)(H,14,16). The van der Waals surface area contributed by atoms with E-state index < -0.39 is 11.8 Å². The van der Waals surface area contributed by atoms with Crippen molar-refractivity contribution in [3.8, 4) is 0 Å². The largest absolute Gasteiger partial charge is 0.369 e. The molecule has 0 rings (SSSR count). The van der Waals surface area contributed by atoms with Crippen LogP contribution >= 0.6 is 0 Å². The number of primary amides is 1. The Morgan fingerprint density at radius 3 is 2.25 bits per heavy atom. The van der Waals surface area contributed by atoms with Gasteiger partial charge in [-0.05, 0) is 18.8 Å². The lowest BCUT2D eigenvalue weighted by molar-refractivity contribution is -0.133. The van der Waals surface area contributed by atoms with Crippen LogP contribution in [0.5, 0.6) is 0 Å². The highest BCUT2D eigenvalue weighted by molar-refractivity contribution is 5.86. The Hall–Kier alpha value is -1.32. The molecule has 3 N–H and O–H groups in total. The highest BCUT2D eigenvalue weighted by Crippen LogP contribution is 2.24. The summed E-state index contributed by atoms with van der Waals surface area (Å²) in [5.41, 5.74) is 5.33. The highest BCUT2D eigenvalue weighted by Gasteiger charge is 2.31. The van der Waals surface area contributed by atoms with Gasteiger partial charge in [0.15, 0.2) is 0 Å². The number of amides is 2. The van der Waals surface area contributed by atoms with Gasteiger partial charge in [0.1, 0.15) is 0 Å². The maximum atomic E-state index is 11.7. The molecule has 0 aromatic heterocycles. The number of nitrogens with one attached hydrogen (secondary N) is 1. The van der Waals surface area contributed by atoms with Crippen LogP contribution in [0.25, 0.3) is 0 Å². The van der Waals surface area contributed by atoms with Crippen molar-refractivity contribution in [2.24, 2.45) is 23.5 Å². The molecule has 0 fully saturated rings. The molecule has 0 aliphatic carbocycles. The monoisotopic (exact) mass is 226 g/mol. The second-order valence-corrected chi connectivity index (χ2v) is 4.38. The Balaban J connectivity index is 4.86. The molecule has 0 radical (unpaired) electrons. The first kappa shape index (κ1) is 14.7. The van der Waals surface area contributed by atoms with Gasteiger partial charge in [-0.3, -0.25) is 9.59 Å². The minimum absolute atomic E-state index is 0.126. The van der Waals surface area contributed by atoms with Gasteiger partial charge in [-0.25, -0.2) is 0 Å². The molecule has 2 atom stereocenters. The van der Waals surface area contributed by atoms with E-state index in [1.165, 1.54) is 0 Å². The van der Waals surface area contributed by atoms with E-state index in [2.05, 4.69) is 11.9 Å². The number of carbonyl (C=O) groups excluding carboxylic acids is 2. The minimum Gasteiger partial charge on any atom is -0.369 e. The molecule has 16 heavy (non-hydrogen) atoms. The molecule has 0 spiro atoms. The van der Waals surface area contributed by atoms with Crippen LogP contribution in [0.1, 0.15) is 26.7 Å². The average Bonchev–Trinajstić information content (AvgIpc) is 2.21. The van der Waals surface area contributed by atoms with E-state index in [-0.39, 0.29) is 11.8 Å². The van der Waals surface area contributed by atoms with E-state index in [1.54, 1.807) is 13.1 Å². The first-order chi connectivity index (χ1) is 7.43. The first-order valence-corrected chi connectivity index (χ1v) is 5.55. The van der Waals surface area contributed by atoms with Crippen molar-refractivity contribution in [3.63, 3.8) is 0 Å². The molecule has 0 aliphatic heterocycles. The van der Waals surface area contributed by atoms with Crippen LogP contribution in [0.15, 0.2) is 12.7 Å². The Labute approximate surface area is 97.3 Å². The molecule has 0 aromatic rings. The van der Waals surface area contributed by atoms with Crippen LogP contribution in [0, 0.1) is 17.8 Å². The fourth-order valence-corrected chi connectivity index (χ4v) is 1.81. The molecule has 2 unspecified atom stereocenters. The van der Waals surface area contributed by atoms with E-state index in [1.807, 2.05) is 13.8 Å². The fraction of sp³-hybridized carbons (Fsp3) is 0.667. The van der Waals surface area contributed by atoms with Gasteiger partial charge in [0.2, 0.25) is 11.8 Å². The number of allylic oxidation sites excluding steroid dienone is 1. The molecule has 0 aromatic carbocycles. The third-order valence-corrected chi connectivity index (χ3v) is 2.58. The van der Waals surface area contributed by atoms with Gasteiger partial charge in [-0.15, -0.1) is 6.58 Å². The normalized spacial score (nSPS) is 14.2. The molecule has 0 heterocycles. The van der Waals surface area contributed by atoms with Crippen LogP contribution in [-0.2, 0) is 9.59 Å². The summed E-state index contributed by atoms with van der Waals surface area (Å²) in [7, 11) is 1.57. The number of rotatable bonds is 7. The molecule has 0 aliphatic rings. The Morgan fingerprint density at radius 1 is 1.38 bits per heavy atom. The number of nitrogens with two attached hydrogens (primary N) is 1. The summed E-state index contributed by atoms with van der Waals surface area (Å²) >= 11 is 0. The Morgan fingerprint density at radius 2 is 1.94 bits per heavy atom. The Kier molecular flexibility index (Phi) is 6.46. The van der Waals surface area contributed by atoms with Crippen LogP contribution in [0.4, 0.5) is 0 Å². The van der Waals surface area contributed by atoms with Crippen molar-refractivity contribution in [1.29, 1.82) is 0 Å². The lowest BCUT2D eigenvalue weighted by Crippen LogP contribution is -2.39. The van der Waals surface area contributed by atoms with Gasteiger partial charge in [-0.2, -0.15) is 0 Å². The third kappa shape index (κ3) is 4.47. The summed E-state index contributed by atoms with van der Waals surface area (Å²) in [5, 5.41) is 2.58. The molecular weight excluding hydrogens is 204 g/mol. The fourth-order valence-electron chi connectivity index (χ4n) is 1.81. The van der Waals surface area contributed by atoms with Gasteiger partial charge in [0, 0.05) is 7.05 Å². The van der Waals surface area contributed by atoms with Gasteiger partial charge in [0.25, 0.3) is 0 Å². The average molecular weight is 226 g/mol. The van der Waals surface area contributed by atoms with Crippen molar-refractivity contribution in [1.82, 2.24) is 5.32 Å². The highest BCUT2D eigenvalue weighted by atomic mass is 16.2. The second kappa shape index (κ2) is 7.04. The zero-order chi connectivity index (χ0) is 12.7. The second-order valence-electron chi connectivity index (χ2n) is 4.38. The lowest BCUT2D eigenvalue weighted by atomic mass is 9.82. The molecule has 0 bridgehead atoms. The molecule has 0 saturated heterocycles. The van der Waals surface area contributed by atoms with E-state index >= 15 is 0 Å². The summed E-state index contributed by atoms with van der Waals surface area (Å²) in [6.45, 7) is 7.62. The van der Waals surface area contributed by atoms with Crippen molar-refractivity contribution in [3.05, 3.63) is 12.7 Å². The number of carbonyl (C=O) groups is 2. The maximum Gasteiger partial charge on any atom is 0.223 e. The van der Waals surface area contributed by atoms with Gasteiger partial charge < -0.3 is 11.1 Å². The van der Waals surface area contributed by atoms with Gasteiger partial charge in [-0.1, -0.05) is 19.9 Å². The first-order valence-electron chi connectivity index (χ1n) is 5.55. The summed E-state index contributed by atoms with van der Waals surface area (Å²) in [6, 6.07) is 0. The summed E-state index contributed by atoms with van der Waals surface area (Å²) in [4.78, 5) is 23.0. The zero-order valence-electron chi connectivity index (χ0n) is 10.3. The SMILES string of the molecule is C=CCC(C(N)=O)C(CC(C)C)C(=O)NC. The lowest BCUT2D eigenvalue weighted by Gasteiger charge is -2.23. The smallest absolute Gasteiger partial charge is 0.223 e. The van der Waals surface area contributed by atoms with Gasteiger partial charge >= 0.3 is 0 Å². The topological polar surface area (TPSA) is 72.2 Å². The zero-order valence-corrected chi connectivity index (χ0v) is 10.3. The van der Waals surface area contributed by atoms with Crippen molar-refractivity contribution in [2.45, 2.75) is 26.7 Å². The van der Waals surface area contributed by atoms with Crippen LogP contribution in [0.3, 0.4) is 0 Å². The molecular formula is C12H22N2O2. The number of hydrogen-bond acceptors (Lipinski definition) is 2. The van der Waals surface area contributed by atoms with Crippen LogP contribution in [-0.4, -0.2) is 18.9 Å². The summed E-state index contributed by atoms with van der Waals surface area (Å²) in [6.07, 6.45) is 2.73. The number of hydrogen-bond donors (Lipinski definition) is 2. The predicted molar refractivity (Wildman–Crippen MR) is 64.5 cm³/mol. The third-order valence-electron chi connectivity index (χ3n) is 2.58. The van der Waals surface area contributed by atoms with Crippen molar-refractivity contribution < 1.29 is 9.59 Å². The quantitative estimate of drug-likeness (QED) is 0.637. The van der Waals surface area contributed by atoms with E-state index in [0.717, 1.165) is 0 Å². The summed E-state index contributed by atoms with van der Waals surface area (Å²) in [5.74, 6) is -1.04.